The molecule has 0 radical (unpaired) electrons. The number of nitrogens with two attached hydrogens (primary N) is 1. The summed E-state index contributed by atoms with van der Waals surface area (Å²) in [6, 6.07) is 11.3. The van der Waals surface area contributed by atoms with Gasteiger partial charge in [-0.05, 0) is 36.8 Å². The fourth-order valence-electron chi connectivity index (χ4n) is 1.82. The van der Waals surface area contributed by atoms with Crippen molar-refractivity contribution in [3.8, 4) is 5.75 Å². The number of hydrogen-bond acceptors (Lipinski definition) is 4. The highest BCUT2D eigenvalue weighted by atomic mass is 16.5. The van der Waals surface area contributed by atoms with Crippen LogP contribution in [-0.2, 0) is 0 Å². The molecule has 2 rings (SSSR count). The number of nitrogens with zero attached hydrogens (tertiary/aromatic N) is 1. The standard InChI is InChI=1S/C15H17N3O2/c1-10(11-3-6-13(20-2)7-4-11)18-14-8-5-12(9-17-14)15(16)19/h3-10H,1-2H3,(H2,16,19)(H,17,18). The monoisotopic (exact) mass is 271 g/mol. The van der Waals surface area contributed by atoms with Crippen LogP contribution in [0.5, 0.6) is 5.75 Å². The number of primary amides is 1. The van der Waals surface area contributed by atoms with Gasteiger partial charge in [-0.25, -0.2) is 4.98 Å². The topological polar surface area (TPSA) is 77.2 Å². The molecule has 0 spiro atoms. The van der Waals surface area contributed by atoms with Gasteiger partial charge in [0, 0.05) is 12.2 Å². The summed E-state index contributed by atoms with van der Waals surface area (Å²) in [5, 5.41) is 3.26. The number of pyridine rings is 1. The first-order valence-electron chi connectivity index (χ1n) is 6.26. The van der Waals surface area contributed by atoms with Gasteiger partial charge in [-0.1, -0.05) is 12.1 Å². The number of rotatable bonds is 5. The van der Waals surface area contributed by atoms with Crippen LogP contribution >= 0.6 is 0 Å². The summed E-state index contributed by atoms with van der Waals surface area (Å²) >= 11 is 0. The molecule has 1 heterocycles. The van der Waals surface area contributed by atoms with Gasteiger partial charge < -0.3 is 15.8 Å². The van der Waals surface area contributed by atoms with E-state index in [2.05, 4.69) is 10.3 Å². The summed E-state index contributed by atoms with van der Waals surface area (Å²) in [5.74, 6) is 1.04. The van der Waals surface area contributed by atoms with Crippen LogP contribution in [-0.4, -0.2) is 18.0 Å². The quantitative estimate of drug-likeness (QED) is 0.875. The lowest BCUT2D eigenvalue weighted by molar-refractivity contribution is 0.1000. The minimum Gasteiger partial charge on any atom is -0.497 e. The smallest absolute Gasteiger partial charge is 0.250 e. The first kappa shape index (κ1) is 13.9. The lowest BCUT2D eigenvalue weighted by Gasteiger charge is -2.15. The molecule has 1 amide bonds. The molecule has 1 aromatic heterocycles. The molecule has 3 N–H and O–H groups in total. The van der Waals surface area contributed by atoms with E-state index < -0.39 is 5.91 Å². The van der Waals surface area contributed by atoms with Crippen molar-refractivity contribution in [2.45, 2.75) is 13.0 Å². The maximum absolute atomic E-state index is 11.0. The number of aromatic nitrogens is 1. The zero-order valence-electron chi connectivity index (χ0n) is 11.5. The van der Waals surface area contributed by atoms with E-state index >= 15 is 0 Å². The van der Waals surface area contributed by atoms with Crippen LogP contribution in [0.1, 0.15) is 28.9 Å². The summed E-state index contributed by atoms with van der Waals surface area (Å²) < 4.78 is 5.13. The molecule has 5 heteroatoms. The number of nitrogens with one attached hydrogen (secondary N) is 1. The Kier molecular flexibility index (Phi) is 4.20. The van der Waals surface area contributed by atoms with Crippen LogP contribution in [0.3, 0.4) is 0 Å². The molecule has 5 nitrogen and oxygen atoms in total. The fourth-order valence-corrected chi connectivity index (χ4v) is 1.82. The van der Waals surface area contributed by atoms with Crippen molar-refractivity contribution in [2.24, 2.45) is 5.73 Å². The van der Waals surface area contributed by atoms with Crippen molar-refractivity contribution in [3.63, 3.8) is 0 Å². The number of hydrogen-bond donors (Lipinski definition) is 2. The molecule has 0 aliphatic carbocycles. The second-order valence-corrected chi connectivity index (χ2v) is 4.44. The Morgan fingerprint density at radius 2 is 1.95 bits per heavy atom. The van der Waals surface area contributed by atoms with Crippen molar-refractivity contribution in [2.75, 3.05) is 12.4 Å². The van der Waals surface area contributed by atoms with Crippen molar-refractivity contribution in [3.05, 3.63) is 53.7 Å². The highest BCUT2D eigenvalue weighted by molar-refractivity contribution is 5.92. The molecule has 0 saturated carbocycles. The fraction of sp³-hybridized carbons (Fsp3) is 0.200. The van der Waals surface area contributed by atoms with E-state index in [4.69, 9.17) is 10.5 Å². The van der Waals surface area contributed by atoms with Crippen LogP contribution in [0, 0.1) is 0 Å². The third-order valence-electron chi connectivity index (χ3n) is 3.03. The largest absolute Gasteiger partial charge is 0.497 e. The third kappa shape index (κ3) is 3.26. The molecule has 20 heavy (non-hydrogen) atoms. The number of amides is 1. The Balaban J connectivity index is 2.06. The van der Waals surface area contributed by atoms with Crippen molar-refractivity contribution < 1.29 is 9.53 Å². The molecule has 0 saturated heterocycles. The molecule has 1 aromatic carbocycles. The maximum atomic E-state index is 11.0. The normalized spacial score (nSPS) is 11.7. The van der Waals surface area contributed by atoms with E-state index in [0.717, 1.165) is 11.3 Å². The molecule has 1 unspecified atom stereocenters. The lowest BCUT2D eigenvalue weighted by Crippen LogP contribution is -2.12. The Bertz CT molecular complexity index is 579. The van der Waals surface area contributed by atoms with E-state index in [9.17, 15) is 4.79 Å². The zero-order chi connectivity index (χ0) is 14.5. The number of ether oxygens (including phenoxy) is 1. The van der Waals surface area contributed by atoms with Crippen LogP contribution in [0.4, 0.5) is 5.82 Å². The van der Waals surface area contributed by atoms with Crippen LogP contribution in [0.2, 0.25) is 0 Å². The van der Waals surface area contributed by atoms with E-state index in [0.29, 0.717) is 11.4 Å². The maximum Gasteiger partial charge on any atom is 0.250 e. The zero-order valence-corrected chi connectivity index (χ0v) is 11.5. The summed E-state index contributed by atoms with van der Waals surface area (Å²) in [6.07, 6.45) is 1.46. The molecule has 0 fully saturated rings. The number of methoxy groups -OCH3 is 1. The van der Waals surface area contributed by atoms with Crippen molar-refractivity contribution >= 4 is 11.7 Å². The van der Waals surface area contributed by atoms with Gasteiger partial charge >= 0.3 is 0 Å². The van der Waals surface area contributed by atoms with E-state index in [1.165, 1.54) is 6.20 Å². The van der Waals surface area contributed by atoms with Gasteiger partial charge in [-0.15, -0.1) is 0 Å². The summed E-state index contributed by atoms with van der Waals surface area (Å²) in [5.41, 5.74) is 6.69. The Hall–Kier alpha value is -2.56. The number of benzene rings is 1. The van der Waals surface area contributed by atoms with Crippen LogP contribution < -0.4 is 15.8 Å². The Morgan fingerprint density at radius 1 is 1.25 bits per heavy atom. The van der Waals surface area contributed by atoms with Crippen LogP contribution in [0.15, 0.2) is 42.6 Å². The minimum atomic E-state index is -0.479. The second kappa shape index (κ2) is 6.06. The SMILES string of the molecule is COc1ccc(C(C)Nc2ccc(C(N)=O)cn2)cc1. The van der Waals surface area contributed by atoms with Gasteiger partial charge in [0.2, 0.25) is 5.91 Å². The van der Waals surface area contributed by atoms with Crippen LogP contribution in [0.25, 0.3) is 0 Å². The average Bonchev–Trinajstić information content (AvgIpc) is 2.48. The lowest BCUT2D eigenvalue weighted by atomic mass is 10.1. The first-order chi connectivity index (χ1) is 9.60. The molecule has 1 atom stereocenters. The molecular weight excluding hydrogens is 254 g/mol. The van der Waals surface area contributed by atoms with Gasteiger partial charge in [0.05, 0.1) is 12.7 Å². The third-order valence-corrected chi connectivity index (χ3v) is 3.03. The summed E-state index contributed by atoms with van der Waals surface area (Å²) in [4.78, 5) is 15.1. The van der Waals surface area contributed by atoms with Crippen molar-refractivity contribution in [1.82, 2.24) is 4.98 Å². The van der Waals surface area contributed by atoms with Gasteiger partial charge in [-0.3, -0.25) is 4.79 Å². The van der Waals surface area contributed by atoms with E-state index in [-0.39, 0.29) is 6.04 Å². The summed E-state index contributed by atoms with van der Waals surface area (Å²) in [6.45, 7) is 2.03. The second-order valence-electron chi connectivity index (χ2n) is 4.44. The Labute approximate surface area is 117 Å². The first-order valence-corrected chi connectivity index (χ1v) is 6.26. The predicted octanol–water partition coefficient (Wildman–Crippen LogP) is 2.36. The molecular formula is C15H17N3O2. The highest BCUT2D eigenvalue weighted by Gasteiger charge is 2.07. The molecule has 0 aliphatic rings. The Morgan fingerprint density at radius 3 is 2.45 bits per heavy atom. The molecule has 0 bridgehead atoms. The number of anilines is 1. The van der Waals surface area contributed by atoms with Crippen molar-refractivity contribution in [1.29, 1.82) is 0 Å². The van der Waals surface area contributed by atoms with Gasteiger partial charge in [0.15, 0.2) is 0 Å². The summed E-state index contributed by atoms with van der Waals surface area (Å²) in [7, 11) is 1.64. The number of carbonyl (C=O) groups excluding carboxylic acids is 1. The number of carbonyl (C=O) groups is 1. The van der Waals surface area contributed by atoms with Gasteiger partial charge in [-0.2, -0.15) is 0 Å². The van der Waals surface area contributed by atoms with E-state index in [1.54, 1.807) is 19.2 Å². The molecule has 2 aromatic rings. The van der Waals surface area contributed by atoms with E-state index in [1.807, 2.05) is 31.2 Å². The molecule has 104 valence electrons. The predicted molar refractivity (Wildman–Crippen MR) is 77.8 cm³/mol. The minimum absolute atomic E-state index is 0.0906. The van der Waals surface area contributed by atoms with Gasteiger partial charge in [0.1, 0.15) is 11.6 Å². The molecule has 0 aliphatic heterocycles. The average molecular weight is 271 g/mol. The van der Waals surface area contributed by atoms with Gasteiger partial charge in [0.25, 0.3) is 0 Å². The highest BCUT2D eigenvalue weighted by Crippen LogP contribution is 2.20.